The molecule has 10 nitrogen and oxygen atoms in total. The molecule has 0 spiro atoms. The largest absolute Gasteiger partial charge is 0.474 e. The quantitative estimate of drug-likeness (QED) is 0.311. The van der Waals surface area contributed by atoms with E-state index in [0.29, 0.717) is 33.0 Å². The van der Waals surface area contributed by atoms with Crippen LogP contribution in [-0.4, -0.2) is 91.2 Å². The van der Waals surface area contributed by atoms with E-state index in [-0.39, 0.29) is 32.0 Å². The van der Waals surface area contributed by atoms with Gasteiger partial charge in [-0.1, -0.05) is 0 Å². The molecule has 0 aliphatic carbocycles. The van der Waals surface area contributed by atoms with Crippen molar-refractivity contribution < 1.29 is 46.6 Å². The van der Waals surface area contributed by atoms with Crippen LogP contribution in [0, 0.1) is 0 Å². The molecule has 1 saturated heterocycles. The predicted molar refractivity (Wildman–Crippen MR) is 105 cm³/mol. The highest BCUT2D eigenvalue weighted by molar-refractivity contribution is 7.48. The van der Waals surface area contributed by atoms with Gasteiger partial charge in [-0.2, -0.15) is 0 Å². The van der Waals surface area contributed by atoms with Crippen LogP contribution in [0.5, 0.6) is 0 Å². The molecule has 1 heterocycles. The van der Waals surface area contributed by atoms with Gasteiger partial charge in [-0.25, -0.2) is 4.57 Å². The molecule has 0 radical (unpaired) electrons. The maximum absolute atomic E-state index is 12.6. The van der Waals surface area contributed by atoms with Gasteiger partial charge in [-0.05, 0) is 27.7 Å². The summed E-state index contributed by atoms with van der Waals surface area (Å²) >= 11 is 0. The topological polar surface area (TPSA) is 100 Å². The highest BCUT2D eigenvalue weighted by Gasteiger charge is 2.33. The van der Waals surface area contributed by atoms with Crippen molar-refractivity contribution in [1.29, 1.82) is 0 Å². The first-order valence-electron chi connectivity index (χ1n) is 9.84. The van der Waals surface area contributed by atoms with Crippen LogP contribution < -0.4 is 0 Å². The molecule has 4 unspecified atom stereocenters. The number of rotatable bonds is 17. The van der Waals surface area contributed by atoms with Crippen LogP contribution >= 0.6 is 7.82 Å². The third-order valence-corrected chi connectivity index (χ3v) is 5.36. The number of methoxy groups -OCH3 is 1. The van der Waals surface area contributed by atoms with E-state index in [1.807, 2.05) is 27.7 Å². The van der Waals surface area contributed by atoms with Crippen molar-refractivity contribution in [3.8, 4) is 0 Å². The van der Waals surface area contributed by atoms with E-state index in [1.54, 1.807) is 0 Å². The fourth-order valence-corrected chi connectivity index (χ4v) is 3.46. The number of ether oxygens (including phenoxy) is 6. The van der Waals surface area contributed by atoms with Crippen LogP contribution in [0.4, 0.5) is 0 Å². The van der Waals surface area contributed by atoms with Gasteiger partial charge in [0.25, 0.3) is 0 Å². The second-order valence-corrected chi connectivity index (χ2v) is 8.58. The van der Waals surface area contributed by atoms with Gasteiger partial charge in [0.1, 0.15) is 18.3 Å². The van der Waals surface area contributed by atoms with E-state index >= 15 is 0 Å². The number of hydrogen-bond donors (Lipinski definition) is 0. The monoisotopic (exact) mass is 444 g/mol. The fraction of sp³-hybridized carbons (Fsp3) is 1.00. The Kier molecular flexibility index (Phi) is 13.0. The molecule has 0 aromatic carbocycles. The summed E-state index contributed by atoms with van der Waals surface area (Å²) in [6, 6.07) is 0. The highest BCUT2D eigenvalue weighted by Crippen LogP contribution is 2.48. The molecule has 1 rings (SSSR count). The zero-order chi connectivity index (χ0) is 21.8. The zero-order valence-corrected chi connectivity index (χ0v) is 19.3. The summed E-state index contributed by atoms with van der Waals surface area (Å²) in [5.74, 6) is -0.595. The third kappa shape index (κ3) is 11.2. The lowest BCUT2D eigenvalue weighted by Gasteiger charge is -2.23. The molecule has 1 fully saturated rings. The molecular weight excluding hydrogens is 407 g/mol. The Hall–Kier alpha value is -0.130. The standard InChI is InChI=1S/C18H37O10P/c1-7-22-10-16(24-8-2)14-27-29(19,21-6)26-13-15(20-5)9-23-11-17-12-25-18(3,4)28-17/h15-17H,7-14H2,1-6H3. The van der Waals surface area contributed by atoms with Crippen molar-refractivity contribution >= 4 is 7.82 Å². The van der Waals surface area contributed by atoms with Crippen LogP contribution in [0.2, 0.25) is 0 Å². The predicted octanol–water partition coefficient (Wildman–Crippen LogP) is 2.40. The Morgan fingerprint density at radius 1 is 1.00 bits per heavy atom. The molecule has 0 amide bonds. The average molecular weight is 444 g/mol. The second-order valence-electron chi connectivity index (χ2n) is 6.80. The molecular formula is C18H37O10P. The summed E-state index contributed by atoms with van der Waals surface area (Å²) < 4.78 is 61.3. The second kappa shape index (κ2) is 14.0. The number of hydrogen-bond acceptors (Lipinski definition) is 10. The lowest BCUT2D eigenvalue weighted by Crippen LogP contribution is -2.29. The van der Waals surface area contributed by atoms with Crippen LogP contribution in [0.1, 0.15) is 27.7 Å². The Labute approximate surface area is 174 Å². The summed E-state index contributed by atoms with van der Waals surface area (Å²) in [4.78, 5) is 0. The van der Waals surface area contributed by atoms with E-state index < -0.39 is 19.7 Å². The summed E-state index contributed by atoms with van der Waals surface area (Å²) in [6.07, 6.45) is -0.965. The minimum atomic E-state index is -3.76. The first kappa shape index (κ1) is 26.9. The van der Waals surface area contributed by atoms with Crippen molar-refractivity contribution in [2.24, 2.45) is 0 Å². The van der Waals surface area contributed by atoms with E-state index in [2.05, 4.69) is 0 Å². The Balaban J connectivity index is 2.37. The van der Waals surface area contributed by atoms with Crippen LogP contribution in [0.15, 0.2) is 0 Å². The minimum absolute atomic E-state index is 0.0158. The third-order valence-electron chi connectivity index (χ3n) is 3.98. The summed E-state index contributed by atoms with van der Waals surface area (Å²) in [5.41, 5.74) is 0. The van der Waals surface area contributed by atoms with Gasteiger partial charge in [0.2, 0.25) is 0 Å². The number of phosphoric acid groups is 1. The van der Waals surface area contributed by atoms with Gasteiger partial charge in [-0.15, -0.1) is 0 Å². The van der Waals surface area contributed by atoms with Crippen molar-refractivity contribution in [3.05, 3.63) is 0 Å². The normalized spacial score (nSPS) is 23.0. The summed E-state index contributed by atoms with van der Waals surface area (Å²) in [5, 5.41) is 0. The van der Waals surface area contributed by atoms with Crippen molar-refractivity contribution in [2.75, 3.05) is 67.1 Å². The van der Waals surface area contributed by atoms with Gasteiger partial charge < -0.3 is 28.4 Å². The molecule has 174 valence electrons. The Morgan fingerprint density at radius 3 is 2.17 bits per heavy atom. The Morgan fingerprint density at radius 2 is 1.66 bits per heavy atom. The van der Waals surface area contributed by atoms with Crippen LogP contribution in [0.3, 0.4) is 0 Å². The first-order chi connectivity index (χ1) is 13.8. The molecule has 4 atom stereocenters. The number of phosphoric ester groups is 1. The molecule has 0 aromatic rings. The van der Waals surface area contributed by atoms with E-state index in [1.165, 1.54) is 14.2 Å². The smallest absolute Gasteiger partial charge is 0.379 e. The lowest BCUT2D eigenvalue weighted by atomic mass is 10.4. The van der Waals surface area contributed by atoms with E-state index in [4.69, 9.17) is 42.0 Å². The highest BCUT2D eigenvalue weighted by atomic mass is 31.2. The molecule has 1 aliphatic rings. The van der Waals surface area contributed by atoms with Gasteiger partial charge >= 0.3 is 7.82 Å². The molecule has 0 saturated carbocycles. The maximum Gasteiger partial charge on any atom is 0.474 e. The van der Waals surface area contributed by atoms with Gasteiger partial charge in [-0.3, -0.25) is 13.6 Å². The first-order valence-corrected chi connectivity index (χ1v) is 11.3. The zero-order valence-electron chi connectivity index (χ0n) is 18.4. The SMILES string of the molecule is CCOCC(COP(=O)(OC)OCC(COCC1COC(C)(C)O1)OC)OCC. The van der Waals surface area contributed by atoms with Crippen molar-refractivity contribution in [3.63, 3.8) is 0 Å². The van der Waals surface area contributed by atoms with E-state index in [0.717, 1.165) is 0 Å². The van der Waals surface area contributed by atoms with Gasteiger partial charge in [0.05, 0.1) is 39.6 Å². The van der Waals surface area contributed by atoms with Crippen LogP contribution in [0.25, 0.3) is 0 Å². The molecule has 0 N–H and O–H groups in total. The fourth-order valence-electron chi connectivity index (χ4n) is 2.48. The van der Waals surface area contributed by atoms with Crippen molar-refractivity contribution in [1.82, 2.24) is 0 Å². The van der Waals surface area contributed by atoms with Crippen LogP contribution in [-0.2, 0) is 46.6 Å². The lowest BCUT2D eigenvalue weighted by molar-refractivity contribution is -0.147. The molecule has 1 aliphatic heterocycles. The Bertz CT molecular complexity index is 476. The molecule has 11 heteroatoms. The summed E-state index contributed by atoms with van der Waals surface area (Å²) in [6.45, 7) is 9.84. The van der Waals surface area contributed by atoms with Crippen molar-refractivity contribution in [2.45, 2.75) is 51.8 Å². The maximum atomic E-state index is 12.6. The molecule has 29 heavy (non-hydrogen) atoms. The van der Waals surface area contributed by atoms with E-state index in [9.17, 15) is 4.57 Å². The van der Waals surface area contributed by atoms with Gasteiger partial charge in [0, 0.05) is 27.4 Å². The van der Waals surface area contributed by atoms with Gasteiger partial charge in [0.15, 0.2) is 5.79 Å². The molecule has 0 aromatic heterocycles. The minimum Gasteiger partial charge on any atom is -0.379 e. The summed E-state index contributed by atoms with van der Waals surface area (Å²) in [7, 11) is -0.987. The average Bonchev–Trinajstić information content (AvgIpc) is 3.05. The molecule has 0 bridgehead atoms.